The fourth-order valence-corrected chi connectivity index (χ4v) is 6.37. The molecule has 3 heterocycles. The summed E-state index contributed by atoms with van der Waals surface area (Å²) in [6, 6.07) is 4.05. The predicted molar refractivity (Wildman–Crippen MR) is 95.4 cm³/mol. The third-order valence-electron chi connectivity index (χ3n) is 4.93. The van der Waals surface area contributed by atoms with Crippen LogP contribution < -0.4 is 0 Å². The first kappa shape index (κ1) is 15.0. The zero-order valence-corrected chi connectivity index (χ0v) is 15.1. The van der Waals surface area contributed by atoms with E-state index < -0.39 is 0 Å². The van der Waals surface area contributed by atoms with Gasteiger partial charge in [0.2, 0.25) is 0 Å². The normalized spacial score (nSPS) is 30.1. The molecule has 1 aromatic heterocycles. The second-order valence-corrected chi connectivity index (χ2v) is 9.83. The minimum Gasteiger partial charge on any atom is -0.294 e. The lowest BCUT2D eigenvalue weighted by Gasteiger charge is -2.38. The minimum atomic E-state index is -0.269. The molecule has 2 atom stereocenters. The van der Waals surface area contributed by atoms with Crippen molar-refractivity contribution in [3.05, 3.63) is 32.6 Å². The summed E-state index contributed by atoms with van der Waals surface area (Å²) < 4.78 is 0.798. The molecule has 3 aliphatic rings. The number of hydrogen-bond acceptors (Lipinski definition) is 4. The number of halogens is 1. The smallest absolute Gasteiger partial charge is 0.166 e. The van der Waals surface area contributed by atoms with Gasteiger partial charge < -0.3 is 0 Å². The van der Waals surface area contributed by atoms with Crippen molar-refractivity contribution >= 4 is 46.2 Å². The number of carbonyl (C=O) groups excluding carboxylic acids is 1. The molecule has 0 amide bonds. The van der Waals surface area contributed by atoms with Crippen molar-refractivity contribution in [3.63, 3.8) is 0 Å². The van der Waals surface area contributed by atoms with Crippen molar-refractivity contribution in [1.82, 2.24) is 0 Å². The Balaban J connectivity index is 1.88. The maximum Gasteiger partial charge on any atom is 0.166 e. The number of ketones is 1. The molecule has 4 rings (SSSR count). The summed E-state index contributed by atoms with van der Waals surface area (Å²) in [5.41, 5.74) is 3.03. The Morgan fingerprint density at radius 2 is 2.14 bits per heavy atom. The number of thiophene rings is 1. The van der Waals surface area contributed by atoms with Crippen molar-refractivity contribution in [2.24, 2.45) is 10.4 Å². The number of nitrogens with zero attached hydrogens (tertiary/aromatic N) is 1. The predicted octanol–water partition coefficient (Wildman–Crippen LogP) is 5.09. The summed E-state index contributed by atoms with van der Waals surface area (Å²) in [6.07, 6.45) is 2.88. The van der Waals surface area contributed by atoms with E-state index in [1.807, 2.05) is 17.8 Å². The molecule has 1 aromatic rings. The molecule has 0 saturated carbocycles. The molecule has 0 N–H and O–H groups in total. The highest BCUT2D eigenvalue weighted by molar-refractivity contribution is 8.01. The summed E-state index contributed by atoms with van der Waals surface area (Å²) in [7, 11) is 0. The van der Waals surface area contributed by atoms with Crippen LogP contribution in [0.25, 0.3) is 0 Å². The van der Waals surface area contributed by atoms with Gasteiger partial charge in [-0.15, -0.1) is 11.3 Å². The Bertz CT molecular complexity index is 716. The molecule has 1 fully saturated rings. The third-order valence-corrected chi connectivity index (χ3v) is 7.59. The van der Waals surface area contributed by atoms with Crippen LogP contribution in [0.4, 0.5) is 0 Å². The molecule has 116 valence electrons. The maximum absolute atomic E-state index is 13.1. The van der Waals surface area contributed by atoms with Gasteiger partial charge in [-0.2, -0.15) is 11.8 Å². The second-order valence-electron chi connectivity index (χ2n) is 6.84. The van der Waals surface area contributed by atoms with Crippen LogP contribution in [-0.2, 0) is 4.79 Å². The topological polar surface area (TPSA) is 29.4 Å². The molecule has 1 aliphatic carbocycles. The Hall–Kier alpha value is -0.580. The van der Waals surface area contributed by atoms with Crippen LogP contribution in [0.15, 0.2) is 28.4 Å². The minimum absolute atomic E-state index is 0.152. The SMILES string of the molecule is CC1(C)CCC2=C(C1=O)C(c1ccc(Cl)s1)C1SCCC1=N2. The summed E-state index contributed by atoms with van der Waals surface area (Å²) in [4.78, 5) is 19.2. The summed E-state index contributed by atoms with van der Waals surface area (Å²) in [6.45, 7) is 4.14. The maximum atomic E-state index is 13.1. The van der Waals surface area contributed by atoms with E-state index in [9.17, 15) is 4.79 Å². The molecule has 0 spiro atoms. The van der Waals surface area contributed by atoms with Crippen molar-refractivity contribution < 1.29 is 4.79 Å². The standard InChI is InChI=1S/C17H18ClNOS2/c1-17(2)7-5-9-13(16(17)20)14(11-3-4-12(18)22-11)15-10(19-9)6-8-21-15/h3-4,14-15H,5-8H2,1-2H3. The number of rotatable bonds is 1. The first-order chi connectivity index (χ1) is 10.5. The number of hydrogen-bond donors (Lipinski definition) is 0. The van der Waals surface area contributed by atoms with Crippen LogP contribution in [0.3, 0.4) is 0 Å². The van der Waals surface area contributed by atoms with E-state index in [2.05, 4.69) is 19.9 Å². The summed E-state index contributed by atoms with van der Waals surface area (Å²) in [5, 5.41) is 0.325. The Morgan fingerprint density at radius 1 is 1.32 bits per heavy atom. The van der Waals surface area contributed by atoms with Crippen molar-refractivity contribution in [1.29, 1.82) is 0 Å². The van der Waals surface area contributed by atoms with Gasteiger partial charge in [-0.1, -0.05) is 25.4 Å². The van der Waals surface area contributed by atoms with Gasteiger partial charge in [0.05, 0.1) is 9.59 Å². The number of fused-ring (bicyclic) bond motifs is 1. The highest BCUT2D eigenvalue weighted by Crippen LogP contribution is 2.51. The summed E-state index contributed by atoms with van der Waals surface area (Å²) >= 11 is 9.73. The van der Waals surface area contributed by atoms with E-state index in [4.69, 9.17) is 16.6 Å². The van der Waals surface area contributed by atoms with Gasteiger partial charge in [-0.05, 0) is 37.1 Å². The van der Waals surface area contributed by atoms with Crippen molar-refractivity contribution in [2.45, 2.75) is 44.3 Å². The van der Waals surface area contributed by atoms with E-state index >= 15 is 0 Å². The molecule has 0 radical (unpaired) electrons. The first-order valence-corrected chi connectivity index (χ1v) is 9.94. The largest absolute Gasteiger partial charge is 0.294 e. The highest BCUT2D eigenvalue weighted by Gasteiger charge is 2.47. The molecule has 5 heteroatoms. The molecule has 22 heavy (non-hydrogen) atoms. The number of Topliss-reactive ketones (excluding diaryl/α,β-unsaturated/α-hetero) is 1. The lowest BCUT2D eigenvalue weighted by Crippen LogP contribution is -2.38. The monoisotopic (exact) mass is 351 g/mol. The van der Waals surface area contributed by atoms with E-state index in [0.29, 0.717) is 11.0 Å². The Labute approximate surface area is 144 Å². The average molecular weight is 352 g/mol. The molecule has 0 bridgehead atoms. The van der Waals surface area contributed by atoms with Gasteiger partial charge in [0.1, 0.15) is 0 Å². The van der Waals surface area contributed by atoms with Crippen molar-refractivity contribution in [3.8, 4) is 0 Å². The van der Waals surface area contributed by atoms with E-state index in [1.54, 1.807) is 11.3 Å². The van der Waals surface area contributed by atoms with Gasteiger partial charge in [0.15, 0.2) is 5.78 Å². The van der Waals surface area contributed by atoms with Crippen LogP contribution in [0.2, 0.25) is 4.34 Å². The van der Waals surface area contributed by atoms with Crippen LogP contribution in [0, 0.1) is 5.41 Å². The molecule has 2 unspecified atom stereocenters. The molecular weight excluding hydrogens is 334 g/mol. The first-order valence-electron chi connectivity index (χ1n) is 7.69. The lowest BCUT2D eigenvalue weighted by molar-refractivity contribution is -0.124. The fraction of sp³-hybridized carbons (Fsp3) is 0.529. The highest BCUT2D eigenvalue weighted by atomic mass is 35.5. The fourth-order valence-electron chi connectivity index (χ4n) is 3.66. The van der Waals surface area contributed by atoms with Gasteiger partial charge in [0, 0.05) is 33.2 Å². The number of aliphatic imine (C=N–C) groups is 1. The molecule has 0 aromatic carbocycles. The third kappa shape index (κ3) is 2.22. The molecule has 2 nitrogen and oxygen atoms in total. The average Bonchev–Trinajstić information content (AvgIpc) is 3.10. The van der Waals surface area contributed by atoms with Crippen LogP contribution in [0.5, 0.6) is 0 Å². The van der Waals surface area contributed by atoms with E-state index in [-0.39, 0.29) is 11.3 Å². The Kier molecular flexibility index (Phi) is 3.55. The molecular formula is C17H18ClNOS2. The zero-order chi connectivity index (χ0) is 15.5. The van der Waals surface area contributed by atoms with Gasteiger partial charge in [-0.3, -0.25) is 9.79 Å². The van der Waals surface area contributed by atoms with Gasteiger partial charge >= 0.3 is 0 Å². The van der Waals surface area contributed by atoms with Crippen molar-refractivity contribution in [2.75, 3.05) is 5.75 Å². The summed E-state index contributed by atoms with van der Waals surface area (Å²) in [5.74, 6) is 1.55. The van der Waals surface area contributed by atoms with E-state index in [1.165, 1.54) is 10.6 Å². The molecule has 1 saturated heterocycles. The van der Waals surface area contributed by atoms with Gasteiger partial charge in [0.25, 0.3) is 0 Å². The number of thioether (sulfide) groups is 1. The lowest BCUT2D eigenvalue weighted by atomic mass is 9.69. The van der Waals surface area contributed by atoms with Crippen LogP contribution in [0.1, 0.15) is 43.9 Å². The number of allylic oxidation sites excluding steroid dienone is 2. The zero-order valence-electron chi connectivity index (χ0n) is 12.7. The van der Waals surface area contributed by atoms with E-state index in [0.717, 1.165) is 40.6 Å². The van der Waals surface area contributed by atoms with Crippen LogP contribution in [-0.4, -0.2) is 22.5 Å². The quantitative estimate of drug-likeness (QED) is 0.705. The second kappa shape index (κ2) is 5.22. The Morgan fingerprint density at radius 3 is 2.86 bits per heavy atom. The number of carbonyl (C=O) groups is 1. The van der Waals surface area contributed by atoms with Crippen LogP contribution >= 0.6 is 34.7 Å². The molecule has 2 aliphatic heterocycles. The van der Waals surface area contributed by atoms with Gasteiger partial charge in [-0.25, -0.2) is 0 Å².